The molecule has 9 nitrogen and oxygen atoms in total. The van der Waals surface area contributed by atoms with Gasteiger partial charge in [0.2, 0.25) is 0 Å². The molecule has 0 fully saturated rings. The average molecular weight is 479 g/mol. The zero-order valence-electron chi connectivity index (χ0n) is 18.7. The highest BCUT2D eigenvalue weighted by Crippen LogP contribution is 2.29. The van der Waals surface area contributed by atoms with Crippen LogP contribution < -0.4 is 20.3 Å². The van der Waals surface area contributed by atoms with E-state index in [2.05, 4.69) is 5.32 Å². The lowest BCUT2D eigenvalue weighted by Crippen LogP contribution is -2.30. The Morgan fingerprint density at radius 2 is 1.60 bits per heavy atom. The molecule has 0 aliphatic rings. The third kappa shape index (κ3) is 8.18. The summed E-state index contributed by atoms with van der Waals surface area (Å²) in [4.78, 5) is 24.5. The Morgan fingerprint density at radius 3 is 2.29 bits per heavy atom. The highest BCUT2D eigenvalue weighted by Gasteiger charge is 2.28. The summed E-state index contributed by atoms with van der Waals surface area (Å²) in [6.07, 6.45) is -0.293. The van der Waals surface area contributed by atoms with Gasteiger partial charge < -0.3 is 19.3 Å². The van der Waals surface area contributed by atoms with Gasteiger partial charge in [-0.2, -0.15) is 0 Å². The Kier molecular flexibility index (Phi) is 9.67. The first-order chi connectivity index (χ1) is 17.1. The largest absolute Gasteiger partial charge is 0.491 e. The number of anilines is 1. The Labute approximate surface area is 202 Å². The molecule has 3 aromatic carbocycles. The molecule has 4 N–H and O–H groups in total. The number of rotatable bonds is 11. The van der Waals surface area contributed by atoms with E-state index in [9.17, 15) is 9.59 Å². The van der Waals surface area contributed by atoms with E-state index in [1.54, 1.807) is 72.8 Å². The first kappa shape index (κ1) is 25.3. The van der Waals surface area contributed by atoms with Crippen LogP contribution in [0.25, 0.3) is 0 Å². The summed E-state index contributed by atoms with van der Waals surface area (Å²) in [6.45, 7) is -0.0770. The lowest BCUT2D eigenvalue weighted by molar-refractivity contribution is -0.124. The van der Waals surface area contributed by atoms with Gasteiger partial charge >= 0.3 is 6.09 Å². The molecule has 0 saturated heterocycles. The number of aliphatic hydroxyl groups excluding tert-OH is 1. The molecule has 0 heterocycles. The van der Waals surface area contributed by atoms with Crippen molar-refractivity contribution < 1.29 is 34.1 Å². The van der Waals surface area contributed by atoms with Crippen LogP contribution in [0.1, 0.15) is 11.7 Å². The van der Waals surface area contributed by atoms with Gasteiger partial charge in [-0.25, -0.2) is 10.3 Å². The maximum Gasteiger partial charge on any atom is 0.412 e. The fourth-order valence-electron chi connectivity index (χ4n) is 3.13. The monoisotopic (exact) mass is 478 g/mol. The van der Waals surface area contributed by atoms with Crippen LogP contribution in [0.4, 0.5) is 10.5 Å². The van der Waals surface area contributed by atoms with Crippen molar-refractivity contribution in [3.63, 3.8) is 0 Å². The molecule has 0 aliphatic heterocycles. The molecule has 0 radical (unpaired) electrons. The molecule has 182 valence electrons. The number of amides is 2. The number of benzene rings is 3. The number of aliphatic hydroxyl groups is 1. The molecule has 35 heavy (non-hydrogen) atoms. The number of nitrogens with one attached hydrogen (secondary N) is 2. The molecular weight excluding hydrogens is 452 g/mol. The Hall–Kier alpha value is -4.34. The molecule has 0 saturated carbocycles. The average Bonchev–Trinajstić information content (AvgIpc) is 2.89. The van der Waals surface area contributed by atoms with Gasteiger partial charge in [-0.05, 0) is 42.5 Å². The maximum absolute atomic E-state index is 12.8. The molecule has 2 atom stereocenters. The zero-order chi connectivity index (χ0) is 24.9. The van der Waals surface area contributed by atoms with Crippen LogP contribution in [-0.4, -0.2) is 41.6 Å². The van der Waals surface area contributed by atoms with Crippen molar-refractivity contribution in [2.45, 2.75) is 12.2 Å². The molecule has 0 unspecified atom stereocenters. The van der Waals surface area contributed by atoms with Crippen molar-refractivity contribution in [1.29, 1.82) is 0 Å². The van der Waals surface area contributed by atoms with Crippen molar-refractivity contribution in [1.82, 2.24) is 5.48 Å². The van der Waals surface area contributed by atoms with E-state index < -0.39 is 24.2 Å². The lowest BCUT2D eigenvalue weighted by atomic mass is 10.0. The zero-order valence-corrected chi connectivity index (χ0v) is 18.7. The molecule has 0 bridgehead atoms. The number of carbonyl (C=O) groups is 2. The SMILES string of the molecule is O=C(/C=C/[C@H](Oc1ccccc1)[C@@H](OC(=O)Nc1ccccc1)c1cccc(OCCO)c1)NO. The van der Waals surface area contributed by atoms with E-state index in [0.29, 0.717) is 22.7 Å². The molecule has 3 aromatic rings. The second kappa shape index (κ2) is 13.4. The van der Waals surface area contributed by atoms with Crippen LogP contribution in [0.15, 0.2) is 97.1 Å². The highest BCUT2D eigenvalue weighted by molar-refractivity contribution is 5.86. The van der Waals surface area contributed by atoms with Crippen LogP contribution in [0.2, 0.25) is 0 Å². The predicted molar refractivity (Wildman–Crippen MR) is 128 cm³/mol. The number of hydrogen-bond donors (Lipinski definition) is 4. The van der Waals surface area contributed by atoms with E-state index in [1.807, 2.05) is 12.1 Å². The Balaban J connectivity index is 1.95. The third-order valence-corrected chi connectivity index (χ3v) is 4.66. The third-order valence-electron chi connectivity index (χ3n) is 4.66. The van der Waals surface area contributed by atoms with Crippen LogP contribution in [0.3, 0.4) is 0 Å². The summed E-state index contributed by atoms with van der Waals surface area (Å²) in [5.41, 5.74) is 2.57. The smallest absolute Gasteiger partial charge is 0.412 e. The quantitative estimate of drug-likeness (QED) is 0.187. The van der Waals surface area contributed by atoms with Gasteiger partial charge in [0, 0.05) is 17.3 Å². The predicted octanol–water partition coefficient (Wildman–Crippen LogP) is 3.86. The number of ether oxygens (including phenoxy) is 3. The molecule has 0 spiro atoms. The van der Waals surface area contributed by atoms with Crippen molar-refractivity contribution >= 4 is 17.7 Å². The van der Waals surface area contributed by atoms with Crippen molar-refractivity contribution in [2.75, 3.05) is 18.5 Å². The van der Waals surface area contributed by atoms with Crippen LogP contribution in [0, 0.1) is 0 Å². The van der Waals surface area contributed by atoms with Gasteiger partial charge in [-0.1, -0.05) is 48.5 Å². The molecule has 0 aromatic heterocycles. The number of carbonyl (C=O) groups excluding carboxylic acids is 2. The Morgan fingerprint density at radius 1 is 0.914 bits per heavy atom. The van der Waals surface area contributed by atoms with E-state index in [1.165, 1.54) is 11.6 Å². The molecule has 2 amide bonds. The second-order valence-electron chi connectivity index (χ2n) is 7.19. The summed E-state index contributed by atoms with van der Waals surface area (Å²) >= 11 is 0. The fourth-order valence-corrected chi connectivity index (χ4v) is 3.13. The molecular formula is C26H26N2O7. The van der Waals surface area contributed by atoms with Crippen molar-refractivity contribution in [3.05, 3.63) is 103 Å². The number of hydrogen-bond acceptors (Lipinski definition) is 7. The van der Waals surface area contributed by atoms with E-state index >= 15 is 0 Å². The molecule has 9 heteroatoms. The van der Waals surface area contributed by atoms with Crippen LogP contribution in [-0.2, 0) is 9.53 Å². The van der Waals surface area contributed by atoms with Crippen LogP contribution in [0.5, 0.6) is 11.5 Å². The first-order valence-electron chi connectivity index (χ1n) is 10.8. The fraction of sp³-hybridized carbons (Fsp3) is 0.154. The van der Waals surface area contributed by atoms with E-state index in [4.69, 9.17) is 24.5 Å². The minimum absolute atomic E-state index is 0.0873. The van der Waals surface area contributed by atoms with Gasteiger partial charge in [0.1, 0.15) is 18.1 Å². The number of hydroxylamine groups is 1. The summed E-state index contributed by atoms with van der Waals surface area (Å²) in [6, 6.07) is 24.4. The maximum atomic E-state index is 12.8. The van der Waals surface area contributed by atoms with Gasteiger partial charge in [0.15, 0.2) is 12.2 Å². The number of para-hydroxylation sites is 2. The standard InChI is InChI=1S/C26H26N2O7/c29-16-17-33-22-13-7-8-19(18-22)25(35-26(31)27-20-9-3-1-4-10-20)23(14-15-24(30)28-32)34-21-11-5-2-6-12-21/h1-15,18,23,25,29,32H,16-17H2,(H,27,31)(H,28,30)/b15-14+/t23-,25-/m0/s1. The van der Waals surface area contributed by atoms with Gasteiger partial charge in [0.25, 0.3) is 5.91 Å². The topological polar surface area (TPSA) is 126 Å². The molecule has 3 rings (SSSR count). The van der Waals surface area contributed by atoms with Crippen molar-refractivity contribution in [3.8, 4) is 11.5 Å². The van der Waals surface area contributed by atoms with Crippen molar-refractivity contribution in [2.24, 2.45) is 0 Å². The second-order valence-corrected chi connectivity index (χ2v) is 7.19. The minimum atomic E-state index is -1.03. The Bertz CT molecular complexity index is 1110. The summed E-state index contributed by atoms with van der Waals surface area (Å²) in [5, 5.41) is 20.6. The van der Waals surface area contributed by atoms with Gasteiger partial charge in [-0.15, -0.1) is 0 Å². The lowest BCUT2D eigenvalue weighted by Gasteiger charge is -2.26. The summed E-state index contributed by atoms with van der Waals surface area (Å²) in [5.74, 6) is 0.139. The van der Waals surface area contributed by atoms with Gasteiger partial charge in [-0.3, -0.25) is 15.3 Å². The normalized spacial score (nSPS) is 12.4. The van der Waals surface area contributed by atoms with Gasteiger partial charge in [0.05, 0.1) is 6.61 Å². The van der Waals surface area contributed by atoms with Crippen LogP contribution >= 0.6 is 0 Å². The van der Waals surface area contributed by atoms with E-state index in [-0.39, 0.29) is 13.2 Å². The summed E-state index contributed by atoms with van der Waals surface area (Å²) < 4.78 is 17.3. The highest BCUT2D eigenvalue weighted by atomic mass is 16.6. The van der Waals surface area contributed by atoms with E-state index in [0.717, 1.165) is 6.08 Å². The first-order valence-corrected chi connectivity index (χ1v) is 10.8. The summed E-state index contributed by atoms with van der Waals surface area (Å²) in [7, 11) is 0. The molecule has 0 aliphatic carbocycles. The minimum Gasteiger partial charge on any atom is -0.491 e.